The summed E-state index contributed by atoms with van der Waals surface area (Å²) in [5.41, 5.74) is 2.83. The first-order chi connectivity index (χ1) is 11.8. The predicted octanol–water partition coefficient (Wildman–Crippen LogP) is 4.66. The summed E-state index contributed by atoms with van der Waals surface area (Å²) in [6, 6.07) is 14.1. The first-order valence-electron chi connectivity index (χ1n) is 8.53. The minimum absolute atomic E-state index is 0.0103. The van der Waals surface area contributed by atoms with E-state index in [1.54, 1.807) is 6.20 Å². The number of benzene rings is 1. The van der Waals surface area contributed by atoms with Gasteiger partial charge in [-0.15, -0.1) is 0 Å². The molecule has 1 unspecified atom stereocenters. The minimum Gasteiger partial charge on any atom is -0.322 e. The van der Waals surface area contributed by atoms with Gasteiger partial charge in [-0.25, -0.2) is 4.79 Å². The van der Waals surface area contributed by atoms with Gasteiger partial charge >= 0.3 is 6.03 Å². The summed E-state index contributed by atoms with van der Waals surface area (Å²) in [7, 11) is 0. The molecule has 0 bridgehead atoms. The zero-order chi connectivity index (χ0) is 16.8. The quantitative estimate of drug-likeness (QED) is 0.890. The lowest BCUT2D eigenvalue weighted by Crippen LogP contribution is -2.38. The molecule has 24 heavy (non-hydrogen) atoms. The van der Waals surface area contributed by atoms with E-state index in [-0.39, 0.29) is 6.03 Å². The van der Waals surface area contributed by atoms with E-state index in [1.807, 2.05) is 59.5 Å². The van der Waals surface area contributed by atoms with Crippen molar-refractivity contribution in [3.8, 4) is 0 Å². The number of nitrogens with one attached hydrogen (secondary N) is 1. The summed E-state index contributed by atoms with van der Waals surface area (Å²) in [5.74, 6) is 0. The lowest BCUT2D eigenvalue weighted by atomic mass is 10.1. The summed E-state index contributed by atoms with van der Waals surface area (Å²) in [4.78, 5) is 18.6. The molecule has 4 nitrogen and oxygen atoms in total. The van der Waals surface area contributed by atoms with Gasteiger partial charge in [-0.05, 0) is 55.2 Å². The smallest absolute Gasteiger partial charge is 0.322 e. The molecule has 3 rings (SSSR count). The Kier molecular flexibility index (Phi) is 5.26. The summed E-state index contributed by atoms with van der Waals surface area (Å²) in [6.07, 6.45) is 9.00. The number of pyridine rings is 1. The first kappa shape index (κ1) is 16.2. The van der Waals surface area contributed by atoms with Crippen molar-refractivity contribution in [2.24, 2.45) is 0 Å². The molecule has 1 N–H and O–H groups in total. The molecule has 1 aromatic heterocycles. The SMILES string of the molecule is CCC1CCCN1C(=O)Nc1ccc(C=Cc2ccccn2)cc1. The van der Waals surface area contributed by atoms with Gasteiger partial charge in [0.2, 0.25) is 0 Å². The van der Waals surface area contributed by atoms with Crippen molar-refractivity contribution in [3.63, 3.8) is 0 Å². The molecule has 1 aromatic carbocycles. The molecule has 124 valence electrons. The number of carbonyl (C=O) groups excluding carboxylic acids is 1. The second-order valence-corrected chi connectivity index (χ2v) is 6.04. The highest BCUT2D eigenvalue weighted by Crippen LogP contribution is 2.21. The molecule has 0 spiro atoms. The number of nitrogens with zero attached hydrogens (tertiary/aromatic N) is 2. The number of likely N-dealkylation sites (tertiary alicyclic amines) is 1. The van der Waals surface area contributed by atoms with E-state index in [2.05, 4.69) is 17.2 Å². The van der Waals surface area contributed by atoms with Crippen molar-refractivity contribution < 1.29 is 4.79 Å². The van der Waals surface area contributed by atoms with Gasteiger partial charge in [-0.2, -0.15) is 0 Å². The van der Waals surface area contributed by atoms with Crippen LogP contribution in [-0.2, 0) is 0 Å². The van der Waals surface area contributed by atoms with Crippen LogP contribution in [0.1, 0.15) is 37.4 Å². The number of aromatic nitrogens is 1. The fourth-order valence-electron chi connectivity index (χ4n) is 3.06. The lowest BCUT2D eigenvalue weighted by molar-refractivity contribution is 0.205. The van der Waals surface area contributed by atoms with Crippen molar-refractivity contribution in [2.75, 3.05) is 11.9 Å². The maximum atomic E-state index is 12.4. The molecule has 1 atom stereocenters. The average Bonchev–Trinajstić information content (AvgIpc) is 3.11. The fourth-order valence-corrected chi connectivity index (χ4v) is 3.06. The molecule has 0 radical (unpaired) electrons. The Morgan fingerprint density at radius 2 is 2.08 bits per heavy atom. The number of amides is 2. The van der Waals surface area contributed by atoms with Gasteiger partial charge in [-0.3, -0.25) is 4.98 Å². The van der Waals surface area contributed by atoms with Crippen LogP contribution in [0.5, 0.6) is 0 Å². The van der Waals surface area contributed by atoms with Gasteiger partial charge in [0.15, 0.2) is 0 Å². The monoisotopic (exact) mass is 321 g/mol. The van der Waals surface area contributed by atoms with Crippen LogP contribution in [0.2, 0.25) is 0 Å². The third-order valence-electron chi connectivity index (χ3n) is 4.41. The Hall–Kier alpha value is -2.62. The van der Waals surface area contributed by atoms with Crippen LogP contribution in [0.3, 0.4) is 0 Å². The van der Waals surface area contributed by atoms with E-state index < -0.39 is 0 Å². The van der Waals surface area contributed by atoms with E-state index in [9.17, 15) is 4.79 Å². The van der Waals surface area contributed by atoms with Gasteiger partial charge in [0, 0.05) is 24.5 Å². The molecule has 0 aliphatic carbocycles. The van der Waals surface area contributed by atoms with Gasteiger partial charge in [0.05, 0.1) is 5.69 Å². The summed E-state index contributed by atoms with van der Waals surface area (Å²) >= 11 is 0. The zero-order valence-electron chi connectivity index (χ0n) is 14.0. The number of anilines is 1. The van der Waals surface area contributed by atoms with E-state index in [4.69, 9.17) is 0 Å². The van der Waals surface area contributed by atoms with Crippen molar-refractivity contribution in [1.82, 2.24) is 9.88 Å². The van der Waals surface area contributed by atoms with Gasteiger partial charge in [0.25, 0.3) is 0 Å². The fraction of sp³-hybridized carbons (Fsp3) is 0.300. The number of hydrogen-bond acceptors (Lipinski definition) is 2. The first-order valence-corrected chi connectivity index (χ1v) is 8.53. The third kappa shape index (κ3) is 4.02. The van der Waals surface area contributed by atoms with E-state index in [1.165, 1.54) is 0 Å². The maximum Gasteiger partial charge on any atom is 0.322 e. The molecule has 1 saturated heterocycles. The van der Waals surface area contributed by atoms with Crippen molar-refractivity contribution >= 4 is 23.9 Å². The third-order valence-corrected chi connectivity index (χ3v) is 4.41. The summed E-state index contributed by atoms with van der Waals surface area (Å²) in [5, 5.41) is 3.00. The topological polar surface area (TPSA) is 45.2 Å². The second kappa shape index (κ2) is 7.77. The van der Waals surface area contributed by atoms with Gasteiger partial charge < -0.3 is 10.2 Å². The van der Waals surface area contributed by atoms with Crippen LogP contribution in [-0.4, -0.2) is 28.5 Å². The predicted molar refractivity (Wildman–Crippen MR) is 98.6 cm³/mol. The molecule has 1 aliphatic rings. The molecular weight excluding hydrogens is 298 g/mol. The molecular formula is C20H23N3O. The molecule has 2 amide bonds. The van der Waals surface area contributed by atoms with Crippen molar-refractivity contribution in [2.45, 2.75) is 32.2 Å². The highest BCUT2D eigenvalue weighted by Gasteiger charge is 2.27. The van der Waals surface area contributed by atoms with Crippen molar-refractivity contribution in [1.29, 1.82) is 0 Å². The molecule has 2 aromatic rings. The van der Waals surface area contributed by atoms with Gasteiger partial charge in [0.1, 0.15) is 0 Å². The number of urea groups is 1. The zero-order valence-corrected chi connectivity index (χ0v) is 14.0. The average molecular weight is 321 g/mol. The highest BCUT2D eigenvalue weighted by atomic mass is 16.2. The van der Waals surface area contributed by atoms with E-state index in [0.717, 1.165) is 42.8 Å². The molecule has 1 aliphatic heterocycles. The number of rotatable bonds is 4. The van der Waals surface area contributed by atoms with Crippen LogP contribution in [0.25, 0.3) is 12.2 Å². The Bertz CT molecular complexity index is 695. The number of hydrogen-bond donors (Lipinski definition) is 1. The maximum absolute atomic E-state index is 12.4. The Balaban J connectivity index is 1.60. The Labute approximate surface area is 143 Å². The normalized spacial score (nSPS) is 17.4. The second-order valence-electron chi connectivity index (χ2n) is 6.04. The van der Waals surface area contributed by atoms with Gasteiger partial charge in [-0.1, -0.05) is 31.2 Å². The summed E-state index contributed by atoms with van der Waals surface area (Å²) in [6.45, 7) is 2.99. The van der Waals surface area contributed by atoms with Crippen LogP contribution in [0, 0.1) is 0 Å². The van der Waals surface area contributed by atoms with Crippen LogP contribution < -0.4 is 5.32 Å². The van der Waals surface area contributed by atoms with Crippen LogP contribution in [0.4, 0.5) is 10.5 Å². The molecule has 1 fully saturated rings. The highest BCUT2D eigenvalue weighted by molar-refractivity contribution is 5.90. The van der Waals surface area contributed by atoms with E-state index in [0.29, 0.717) is 6.04 Å². The van der Waals surface area contributed by atoms with E-state index >= 15 is 0 Å². The number of carbonyl (C=O) groups is 1. The Morgan fingerprint density at radius 1 is 1.25 bits per heavy atom. The van der Waals surface area contributed by atoms with Crippen LogP contribution >= 0.6 is 0 Å². The summed E-state index contributed by atoms with van der Waals surface area (Å²) < 4.78 is 0. The molecule has 0 saturated carbocycles. The Morgan fingerprint density at radius 3 is 2.79 bits per heavy atom. The van der Waals surface area contributed by atoms with Crippen molar-refractivity contribution in [3.05, 3.63) is 59.9 Å². The lowest BCUT2D eigenvalue weighted by Gasteiger charge is -2.23. The molecule has 4 heteroatoms. The van der Waals surface area contributed by atoms with Crippen LogP contribution in [0.15, 0.2) is 48.7 Å². The standard InChI is InChI=1S/C20H23N3O/c1-2-19-7-5-15-23(19)20(24)22-18-12-9-16(10-13-18)8-11-17-6-3-4-14-21-17/h3-4,6,8-14,19H,2,5,7,15H2,1H3,(H,22,24). The minimum atomic E-state index is 0.0103. The largest absolute Gasteiger partial charge is 0.322 e. The molecule has 2 heterocycles.